The molecule has 1 atom stereocenters. The van der Waals surface area contributed by atoms with Crippen LogP contribution in [0, 0.1) is 6.92 Å². The first-order chi connectivity index (χ1) is 15.6. The van der Waals surface area contributed by atoms with Gasteiger partial charge >= 0.3 is 5.97 Å². The maximum Gasteiger partial charge on any atom is 0.303 e. The second-order valence-electron chi connectivity index (χ2n) is 7.23. The zero-order valence-electron chi connectivity index (χ0n) is 17.4. The summed E-state index contributed by atoms with van der Waals surface area (Å²) in [6, 6.07) is 15.2. The van der Waals surface area contributed by atoms with Gasteiger partial charge < -0.3 is 19.1 Å². The van der Waals surface area contributed by atoms with Crippen molar-refractivity contribution in [3.05, 3.63) is 82.4 Å². The van der Waals surface area contributed by atoms with Gasteiger partial charge in [-0.3, -0.25) is 4.79 Å². The Morgan fingerprint density at radius 3 is 2.81 bits per heavy atom. The molecule has 0 aliphatic carbocycles. The first-order valence-electron chi connectivity index (χ1n) is 10.1. The fourth-order valence-electron chi connectivity index (χ4n) is 3.34. The van der Waals surface area contributed by atoms with Crippen molar-refractivity contribution in [2.45, 2.75) is 32.5 Å². The third-order valence-electron chi connectivity index (χ3n) is 4.97. The van der Waals surface area contributed by atoms with E-state index in [4.69, 9.17) is 14.0 Å². The monoisotopic (exact) mass is 450 g/mol. The number of carboxylic acids is 1. The van der Waals surface area contributed by atoms with Crippen molar-refractivity contribution in [2.24, 2.45) is 0 Å². The molecule has 0 bridgehead atoms. The van der Waals surface area contributed by atoms with Gasteiger partial charge in [-0.05, 0) is 59.0 Å². The molecule has 0 saturated carbocycles. The van der Waals surface area contributed by atoms with Gasteiger partial charge in [0.2, 0.25) is 12.2 Å². The van der Waals surface area contributed by atoms with E-state index in [1.165, 1.54) is 6.39 Å². The fraction of sp³-hybridized carbons (Fsp3) is 0.208. The highest BCUT2D eigenvalue weighted by Crippen LogP contribution is 2.37. The zero-order chi connectivity index (χ0) is 22.3. The van der Waals surface area contributed by atoms with E-state index in [1.807, 2.05) is 60.1 Å². The average molecular weight is 451 g/mol. The lowest BCUT2D eigenvalue weighted by atomic mass is 9.99. The van der Waals surface area contributed by atoms with Crippen molar-refractivity contribution in [3.8, 4) is 22.9 Å². The average Bonchev–Trinajstić information content (AvgIpc) is 3.50. The molecule has 0 amide bonds. The summed E-state index contributed by atoms with van der Waals surface area (Å²) in [6.45, 7) is 2.41. The Morgan fingerprint density at radius 1 is 1.22 bits per heavy atom. The highest BCUT2D eigenvalue weighted by atomic mass is 32.1. The van der Waals surface area contributed by atoms with E-state index in [0.29, 0.717) is 35.9 Å². The summed E-state index contributed by atoms with van der Waals surface area (Å²) in [6.07, 6.45) is 1.07. The molecule has 7 nitrogen and oxygen atoms in total. The van der Waals surface area contributed by atoms with Crippen molar-refractivity contribution >= 4 is 17.3 Å². The van der Waals surface area contributed by atoms with E-state index >= 15 is 0 Å². The van der Waals surface area contributed by atoms with E-state index in [0.717, 1.165) is 16.7 Å². The van der Waals surface area contributed by atoms with Gasteiger partial charge in [0.1, 0.15) is 24.2 Å². The number of carbonyl (C=O) groups is 1. The third-order valence-corrected chi connectivity index (χ3v) is 5.70. The summed E-state index contributed by atoms with van der Waals surface area (Å²) in [5.41, 5.74) is 3.67. The molecule has 0 aliphatic heterocycles. The molecule has 0 radical (unpaired) electrons. The van der Waals surface area contributed by atoms with Crippen LogP contribution in [0.15, 0.2) is 70.2 Å². The topological polar surface area (TPSA) is 94.7 Å². The van der Waals surface area contributed by atoms with Gasteiger partial charge in [0, 0.05) is 12.5 Å². The van der Waals surface area contributed by atoms with Crippen LogP contribution in [0.25, 0.3) is 11.4 Å². The molecule has 0 spiro atoms. The Morgan fingerprint density at radius 2 is 2.09 bits per heavy atom. The number of benzene rings is 2. The molecular weight excluding hydrogens is 428 g/mol. The lowest BCUT2D eigenvalue weighted by Crippen LogP contribution is -2.12. The Labute approximate surface area is 189 Å². The number of hydrogen-bond donors (Lipinski definition) is 1. The summed E-state index contributed by atoms with van der Waals surface area (Å²) >= 11 is 1.61. The second kappa shape index (κ2) is 10.1. The summed E-state index contributed by atoms with van der Waals surface area (Å²) in [7, 11) is 0. The largest absolute Gasteiger partial charge is 0.489 e. The van der Waals surface area contributed by atoms with Gasteiger partial charge in [0.05, 0.1) is 5.56 Å². The minimum atomic E-state index is -0.876. The molecule has 0 unspecified atom stereocenters. The summed E-state index contributed by atoms with van der Waals surface area (Å²) < 4.78 is 17.3. The van der Waals surface area contributed by atoms with E-state index < -0.39 is 12.1 Å². The number of ether oxygens (including phenoxy) is 2. The number of hydrogen-bond acceptors (Lipinski definition) is 7. The van der Waals surface area contributed by atoms with Crippen LogP contribution in [0.1, 0.15) is 35.6 Å². The molecule has 2 aromatic heterocycles. The quantitative estimate of drug-likeness (QED) is 0.333. The van der Waals surface area contributed by atoms with Crippen molar-refractivity contribution in [2.75, 3.05) is 0 Å². The number of rotatable bonds is 10. The zero-order valence-corrected chi connectivity index (χ0v) is 18.2. The van der Waals surface area contributed by atoms with Crippen LogP contribution in [0.3, 0.4) is 0 Å². The fourth-order valence-corrected chi connectivity index (χ4v) is 3.99. The molecule has 4 rings (SSSR count). The molecule has 8 heteroatoms. The predicted molar refractivity (Wildman–Crippen MR) is 120 cm³/mol. The van der Waals surface area contributed by atoms with Crippen molar-refractivity contribution in [3.63, 3.8) is 0 Å². The molecule has 0 fully saturated rings. The molecule has 2 aromatic carbocycles. The van der Waals surface area contributed by atoms with E-state index in [1.54, 1.807) is 17.4 Å². The summed E-state index contributed by atoms with van der Waals surface area (Å²) in [4.78, 5) is 15.4. The number of thiophene rings is 1. The van der Waals surface area contributed by atoms with Gasteiger partial charge in [-0.2, -0.15) is 16.3 Å². The Bertz CT molecular complexity index is 1160. The maximum absolute atomic E-state index is 11.3. The minimum Gasteiger partial charge on any atom is -0.489 e. The molecule has 0 aliphatic rings. The number of carboxylic acid groups (broad SMARTS) is 1. The lowest BCUT2D eigenvalue weighted by Gasteiger charge is -2.22. The molecule has 4 aromatic rings. The van der Waals surface area contributed by atoms with Gasteiger partial charge in [0.15, 0.2) is 0 Å². The van der Waals surface area contributed by atoms with Crippen molar-refractivity contribution in [1.82, 2.24) is 10.1 Å². The van der Waals surface area contributed by atoms with E-state index in [2.05, 4.69) is 10.1 Å². The van der Waals surface area contributed by atoms with Gasteiger partial charge in [-0.15, -0.1) is 0 Å². The van der Waals surface area contributed by atoms with Crippen LogP contribution in [0.2, 0.25) is 0 Å². The van der Waals surface area contributed by atoms with Gasteiger partial charge in [-0.25, -0.2) is 0 Å². The van der Waals surface area contributed by atoms with E-state index in [9.17, 15) is 9.90 Å². The Hall–Kier alpha value is -3.65. The smallest absolute Gasteiger partial charge is 0.303 e. The number of nitrogens with zero attached hydrogens (tertiary/aromatic N) is 2. The summed E-state index contributed by atoms with van der Waals surface area (Å²) in [5.74, 6) is 0.623. The minimum absolute atomic E-state index is 0.0229. The number of aryl methyl sites for hydroxylation is 1. The molecule has 1 N–H and O–H groups in total. The molecule has 2 heterocycles. The van der Waals surface area contributed by atoms with Crippen LogP contribution in [-0.4, -0.2) is 21.2 Å². The van der Waals surface area contributed by atoms with Crippen LogP contribution in [0.4, 0.5) is 0 Å². The van der Waals surface area contributed by atoms with Gasteiger partial charge in [-0.1, -0.05) is 29.4 Å². The Kier molecular flexibility index (Phi) is 6.81. The van der Waals surface area contributed by atoms with Crippen molar-refractivity contribution in [1.29, 1.82) is 0 Å². The van der Waals surface area contributed by atoms with Crippen LogP contribution in [-0.2, 0) is 11.4 Å². The number of aromatic nitrogens is 2. The normalized spacial score (nSPS) is 11.8. The molecule has 0 saturated heterocycles. The highest BCUT2D eigenvalue weighted by Gasteiger charge is 2.21. The predicted octanol–water partition coefficient (Wildman–Crippen LogP) is 5.67. The maximum atomic E-state index is 11.3. The van der Waals surface area contributed by atoms with Crippen LogP contribution >= 0.6 is 11.3 Å². The first kappa shape index (κ1) is 21.6. The van der Waals surface area contributed by atoms with Gasteiger partial charge in [0.25, 0.3) is 0 Å². The molecular formula is C24H22N2O5S. The Balaban J connectivity index is 1.66. The third kappa shape index (κ3) is 5.33. The molecule has 32 heavy (non-hydrogen) atoms. The summed E-state index contributed by atoms with van der Waals surface area (Å²) in [5, 5.41) is 17.2. The highest BCUT2D eigenvalue weighted by molar-refractivity contribution is 7.07. The second-order valence-corrected chi connectivity index (χ2v) is 8.01. The lowest BCUT2D eigenvalue weighted by molar-refractivity contribution is -0.137. The van der Waals surface area contributed by atoms with Crippen LogP contribution < -0.4 is 9.47 Å². The number of aliphatic carboxylic acids is 1. The van der Waals surface area contributed by atoms with E-state index in [-0.39, 0.29) is 6.42 Å². The first-order valence-corrected chi connectivity index (χ1v) is 11.0. The van der Waals surface area contributed by atoms with Crippen molar-refractivity contribution < 1.29 is 23.9 Å². The standard InChI is InChI=1S/C24H22N2O5S/c1-16-4-2-3-5-19(16)21(8-9-23(27)28)31-22-12-18(29-13-17-10-11-32-14-17)6-7-20(22)24-25-15-30-26-24/h2-7,10-12,14-15,21H,8-9,13H2,1H3,(H,27,28)/t21-/m0/s1. The SMILES string of the molecule is Cc1ccccc1[C@H](CCC(=O)O)Oc1cc(OCc2ccsc2)ccc1-c1ncon1. The molecule has 164 valence electrons. The van der Waals surface area contributed by atoms with Crippen LogP contribution in [0.5, 0.6) is 11.5 Å².